The van der Waals surface area contributed by atoms with E-state index in [9.17, 15) is 4.79 Å². The van der Waals surface area contributed by atoms with Crippen LogP contribution in [0.15, 0.2) is 30.5 Å². The number of nitrogens with one attached hydrogen (secondary N) is 3. The second-order valence-corrected chi connectivity index (χ2v) is 5.78. The van der Waals surface area contributed by atoms with Gasteiger partial charge in [0.25, 0.3) is 0 Å². The molecule has 0 aliphatic rings. The summed E-state index contributed by atoms with van der Waals surface area (Å²) in [7, 11) is 0. The molecule has 19 heavy (non-hydrogen) atoms. The summed E-state index contributed by atoms with van der Waals surface area (Å²) in [6, 6.07) is 8.24. The fraction of sp³-hybridized carbons (Fsp3) is 0.400. The molecule has 0 saturated heterocycles. The molecule has 2 rings (SSSR count). The van der Waals surface area contributed by atoms with E-state index in [-0.39, 0.29) is 11.6 Å². The predicted molar refractivity (Wildman–Crippen MR) is 78.3 cm³/mol. The lowest BCUT2D eigenvalue weighted by Crippen LogP contribution is -2.46. The highest BCUT2D eigenvalue weighted by molar-refractivity contribution is 5.80. The first kappa shape index (κ1) is 13.5. The van der Waals surface area contributed by atoms with Crippen LogP contribution in [0.4, 0.5) is 4.79 Å². The summed E-state index contributed by atoms with van der Waals surface area (Å²) in [5, 5.41) is 6.95. The molecule has 0 spiro atoms. The molecule has 1 aromatic carbocycles. The van der Waals surface area contributed by atoms with Gasteiger partial charge in [-0.05, 0) is 56.3 Å². The molecule has 0 radical (unpaired) electrons. The number of carbonyl (C=O) groups is 1. The second-order valence-electron chi connectivity index (χ2n) is 5.78. The molecule has 4 heteroatoms. The van der Waals surface area contributed by atoms with Gasteiger partial charge in [0.05, 0.1) is 0 Å². The topological polar surface area (TPSA) is 56.9 Å². The molecule has 1 aromatic heterocycles. The van der Waals surface area contributed by atoms with Gasteiger partial charge in [-0.1, -0.05) is 6.07 Å². The van der Waals surface area contributed by atoms with Gasteiger partial charge in [0.1, 0.15) is 0 Å². The largest absolute Gasteiger partial charge is 0.361 e. The van der Waals surface area contributed by atoms with Crippen molar-refractivity contribution in [2.24, 2.45) is 0 Å². The molecule has 0 saturated carbocycles. The van der Waals surface area contributed by atoms with Gasteiger partial charge in [0.15, 0.2) is 0 Å². The van der Waals surface area contributed by atoms with Crippen molar-refractivity contribution in [1.82, 2.24) is 15.6 Å². The van der Waals surface area contributed by atoms with E-state index in [2.05, 4.69) is 39.9 Å². The van der Waals surface area contributed by atoms with Gasteiger partial charge in [-0.2, -0.15) is 0 Å². The molecular weight excluding hydrogens is 238 g/mol. The average molecular weight is 259 g/mol. The molecule has 0 aliphatic heterocycles. The summed E-state index contributed by atoms with van der Waals surface area (Å²) >= 11 is 0. The van der Waals surface area contributed by atoms with E-state index < -0.39 is 0 Å². The van der Waals surface area contributed by atoms with Gasteiger partial charge in [-0.3, -0.25) is 0 Å². The maximum absolute atomic E-state index is 11.6. The second kappa shape index (κ2) is 5.34. The number of carbonyl (C=O) groups excluding carboxylic acids is 1. The zero-order valence-corrected chi connectivity index (χ0v) is 11.7. The van der Waals surface area contributed by atoms with E-state index in [1.165, 1.54) is 10.9 Å². The van der Waals surface area contributed by atoms with Crippen molar-refractivity contribution in [2.45, 2.75) is 32.7 Å². The van der Waals surface area contributed by atoms with Gasteiger partial charge in [-0.25, -0.2) is 4.79 Å². The summed E-state index contributed by atoms with van der Waals surface area (Å²) < 4.78 is 0. The summed E-state index contributed by atoms with van der Waals surface area (Å²) in [6.45, 7) is 6.53. The fourth-order valence-corrected chi connectivity index (χ4v) is 1.96. The number of urea groups is 1. The third kappa shape index (κ3) is 4.02. The van der Waals surface area contributed by atoms with E-state index in [1.807, 2.05) is 27.0 Å². The van der Waals surface area contributed by atoms with Gasteiger partial charge >= 0.3 is 6.03 Å². The monoisotopic (exact) mass is 259 g/mol. The Bertz CT molecular complexity index is 566. The van der Waals surface area contributed by atoms with E-state index >= 15 is 0 Å². The van der Waals surface area contributed by atoms with Gasteiger partial charge < -0.3 is 15.6 Å². The standard InChI is InChI=1S/C15H21N3O/c1-15(2,3)18-14(19)17-8-6-11-4-5-13-12(10-11)7-9-16-13/h4-5,7,9-10,16H,6,8H2,1-3H3,(H2,17,18,19). The Kier molecular flexibility index (Phi) is 3.79. The first-order valence-corrected chi connectivity index (χ1v) is 6.56. The smallest absolute Gasteiger partial charge is 0.315 e. The van der Waals surface area contributed by atoms with Crippen LogP contribution < -0.4 is 10.6 Å². The molecule has 0 aliphatic carbocycles. The Morgan fingerprint density at radius 2 is 2.05 bits per heavy atom. The molecule has 4 nitrogen and oxygen atoms in total. The number of amides is 2. The third-order valence-corrected chi connectivity index (χ3v) is 2.81. The highest BCUT2D eigenvalue weighted by Crippen LogP contribution is 2.14. The van der Waals surface area contributed by atoms with Crippen LogP contribution in [0.1, 0.15) is 26.3 Å². The number of rotatable bonds is 3. The van der Waals surface area contributed by atoms with Gasteiger partial charge in [-0.15, -0.1) is 0 Å². The molecule has 0 unspecified atom stereocenters. The summed E-state index contributed by atoms with van der Waals surface area (Å²) in [4.78, 5) is 14.8. The van der Waals surface area contributed by atoms with Crippen LogP contribution in [-0.2, 0) is 6.42 Å². The molecule has 0 bridgehead atoms. The highest BCUT2D eigenvalue weighted by Gasteiger charge is 2.12. The number of benzene rings is 1. The Morgan fingerprint density at radius 3 is 2.79 bits per heavy atom. The quantitative estimate of drug-likeness (QED) is 0.780. The average Bonchev–Trinajstić information content (AvgIpc) is 2.73. The number of hydrogen-bond acceptors (Lipinski definition) is 1. The minimum atomic E-state index is -0.200. The van der Waals surface area contributed by atoms with Crippen molar-refractivity contribution in [3.8, 4) is 0 Å². The zero-order valence-electron chi connectivity index (χ0n) is 11.7. The summed E-state index contributed by atoms with van der Waals surface area (Å²) in [6.07, 6.45) is 2.77. The van der Waals surface area contributed by atoms with Gasteiger partial charge in [0.2, 0.25) is 0 Å². The van der Waals surface area contributed by atoms with Gasteiger partial charge in [0, 0.05) is 23.8 Å². The van der Waals surface area contributed by atoms with Crippen LogP contribution in [0.2, 0.25) is 0 Å². The van der Waals surface area contributed by atoms with Crippen LogP contribution in [0.3, 0.4) is 0 Å². The first-order valence-electron chi connectivity index (χ1n) is 6.56. The van der Waals surface area contributed by atoms with E-state index in [0.29, 0.717) is 6.54 Å². The van der Waals surface area contributed by atoms with Crippen LogP contribution >= 0.6 is 0 Å². The highest BCUT2D eigenvalue weighted by atomic mass is 16.2. The Balaban J connectivity index is 1.83. The summed E-state index contributed by atoms with van der Waals surface area (Å²) in [5.74, 6) is 0. The molecule has 2 aromatic rings. The Morgan fingerprint density at radius 1 is 1.26 bits per heavy atom. The number of aromatic nitrogens is 1. The van der Waals surface area contributed by atoms with Crippen LogP contribution in [-0.4, -0.2) is 23.1 Å². The molecule has 1 heterocycles. The van der Waals surface area contributed by atoms with Crippen molar-refractivity contribution < 1.29 is 4.79 Å². The molecule has 3 N–H and O–H groups in total. The van der Waals surface area contributed by atoms with E-state index in [1.54, 1.807) is 0 Å². The van der Waals surface area contributed by atoms with E-state index in [4.69, 9.17) is 0 Å². The van der Waals surface area contributed by atoms with Crippen LogP contribution in [0, 0.1) is 0 Å². The predicted octanol–water partition coefficient (Wildman–Crippen LogP) is 2.81. The number of hydrogen-bond donors (Lipinski definition) is 3. The minimum Gasteiger partial charge on any atom is -0.361 e. The Labute approximate surface area is 113 Å². The fourth-order valence-electron chi connectivity index (χ4n) is 1.96. The molecule has 2 amide bonds. The SMILES string of the molecule is CC(C)(C)NC(=O)NCCc1ccc2[nH]ccc2c1. The van der Waals surface area contributed by atoms with Crippen LogP contribution in [0.25, 0.3) is 10.9 Å². The Hall–Kier alpha value is -1.97. The maximum atomic E-state index is 11.6. The molecule has 0 fully saturated rings. The number of aromatic amines is 1. The lowest BCUT2D eigenvalue weighted by Gasteiger charge is -2.20. The lowest BCUT2D eigenvalue weighted by molar-refractivity contribution is 0.232. The van der Waals surface area contributed by atoms with Crippen molar-refractivity contribution in [3.05, 3.63) is 36.0 Å². The minimum absolute atomic E-state index is 0.116. The maximum Gasteiger partial charge on any atom is 0.315 e. The van der Waals surface area contributed by atoms with Crippen molar-refractivity contribution >= 4 is 16.9 Å². The summed E-state index contributed by atoms with van der Waals surface area (Å²) in [5.41, 5.74) is 2.17. The van der Waals surface area contributed by atoms with E-state index in [0.717, 1.165) is 11.9 Å². The zero-order chi connectivity index (χ0) is 13.9. The van der Waals surface area contributed by atoms with Crippen molar-refractivity contribution in [3.63, 3.8) is 0 Å². The number of H-pyrrole nitrogens is 1. The number of fused-ring (bicyclic) bond motifs is 1. The van der Waals surface area contributed by atoms with Crippen LogP contribution in [0.5, 0.6) is 0 Å². The molecular formula is C15H21N3O. The molecule has 102 valence electrons. The molecule has 0 atom stereocenters. The lowest BCUT2D eigenvalue weighted by atomic mass is 10.1. The third-order valence-electron chi connectivity index (χ3n) is 2.81. The first-order chi connectivity index (χ1) is 8.94. The van der Waals surface area contributed by atoms with Crippen molar-refractivity contribution in [1.29, 1.82) is 0 Å². The van der Waals surface area contributed by atoms with Crippen molar-refractivity contribution in [2.75, 3.05) is 6.54 Å². The normalized spacial score (nSPS) is 11.5.